The molecule has 2 nitrogen and oxygen atoms in total. The Labute approximate surface area is 103 Å². The van der Waals surface area contributed by atoms with Crippen molar-refractivity contribution in [1.82, 2.24) is 9.47 Å². The summed E-state index contributed by atoms with van der Waals surface area (Å²) < 4.78 is 42.5. The van der Waals surface area contributed by atoms with Crippen molar-refractivity contribution in [2.75, 3.05) is 14.1 Å². The molecule has 0 bridgehead atoms. The van der Waals surface area contributed by atoms with Crippen LogP contribution in [-0.2, 0) is 13.0 Å². The van der Waals surface area contributed by atoms with E-state index in [-0.39, 0.29) is 11.4 Å². The van der Waals surface area contributed by atoms with E-state index in [1.54, 1.807) is 4.57 Å². The highest BCUT2D eigenvalue weighted by Crippen LogP contribution is 2.32. The Kier molecular flexibility index (Phi) is 2.41. The maximum atomic E-state index is 13.7. The van der Waals surface area contributed by atoms with Crippen LogP contribution in [0.1, 0.15) is 5.56 Å². The number of aromatic nitrogens is 1. The lowest BCUT2D eigenvalue weighted by Gasteiger charge is -2.29. The maximum Gasteiger partial charge on any atom is 0.171 e. The third-order valence-electron chi connectivity index (χ3n) is 3.66. The third kappa shape index (κ3) is 1.47. The molecule has 0 saturated carbocycles. The molecule has 0 amide bonds. The minimum atomic E-state index is -1.09. The molecule has 2 aromatic rings. The topological polar surface area (TPSA) is 8.17 Å². The van der Waals surface area contributed by atoms with Crippen molar-refractivity contribution in [3.63, 3.8) is 0 Å². The van der Waals surface area contributed by atoms with Gasteiger partial charge in [-0.05, 0) is 32.1 Å². The molecule has 0 radical (unpaired) electrons. The molecule has 0 fully saturated rings. The van der Waals surface area contributed by atoms with Crippen molar-refractivity contribution in [1.29, 1.82) is 0 Å². The molecule has 3 rings (SSSR count). The minimum absolute atomic E-state index is 0.164. The van der Waals surface area contributed by atoms with Gasteiger partial charge in [-0.25, -0.2) is 13.2 Å². The number of hydrogen-bond acceptors (Lipinski definition) is 1. The van der Waals surface area contributed by atoms with Gasteiger partial charge >= 0.3 is 0 Å². The lowest BCUT2D eigenvalue weighted by molar-refractivity contribution is 0.258. The van der Waals surface area contributed by atoms with Crippen LogP contribution >= 0.6 is 0 Å². The monoisotopic (exact) mass is 254 g/mol. The molecule has 1 aliphatic rings. The standard InChI is InChI=1S/C13H13F3N2/c1-17(2)8-3-7-4-9(14)12(16)11-10(15)6-18(5-8)13(7)11/h4,6,8H,3,5H2,1-2H3. The van der Waals surface area contributed by atoms with Gasteiger partial charge in [0.15, 0.2) is 17.5 Å². The predicted octanol–water partition coefficient (Wildman–Crippen LogP) is 2.54. The summed E-state index contributed by atoms with van der Waals surface area (Å²) in [6.07, 6.45) is 1.86. The van der Waals surface area contributed by atoms with Crippen molar-refractivity contribution >= 4 is 10.9 Å². The first kappa shape index (κ1) is 11.6. The maximum absolute atomic E-state index is 13.7. The molecular weight excluding hydrogens is 241 g/mol. The number of hydrogen-bond donors (Lipinski definition) is 0. The molecule has 2 heterocycles. The van der Waals surface area contributed by atoms with E-state index in [9.17, 15) is 13.2 Å². The molecule has 1 unspecified atom stereocenters. The van der Waals surface area contributed by atoms with Crippen LogP contribution in [-0.4, -0.2) is 29.6 Å². The first-order valence-corrected chi connectivity index (χ1v) is 5.80. The summed E-state index contributed by atoms with van der Waals surface area (Å²) in [4.78, 5) is 2.01. The van der Waals surface area contributed by atoms with Crippen LogP contribution in [0.3, 0.4) is 0 Å². The van der Waals surface area contributed by atoms with Crippen LogP contribution in [0.4, 0.5) is 13.2 Å². The van der Waals surface area contributed by atoms with Gasteiger partial charge in [-0.15, -0.1) is 0 Å². The lowest BCUT2D eigenvalue weighted by atomic mass is 9.99. The van der Waals surface area contributed by atoms with Crippen LogP contribution in [0.5, 0.6) is 0 Å². The summed E-state index contributed by atoms with van der Waals surface area (Å²) in [5.74, 6) is -2.76. The van der Waals surface area contributed by atoms with Crippen LogP contribution in [0.25, 0.3) is 10.9 Å². The summed E-state index contributed by atoms with van der Waals surface area (Å²) in [6, 6.07) is 1.35. The average Bonchev–Trinajstić information content (AvgIpc) is 2.63. The third-order valence-corrected chi connectivity index (χ3v) is 3.66. The summed E-state index contributed by atoms with van der Waals surface area (Å²) >= 11 is 0. The molecule has 1 aromatic heterocycles. The van der Waals surface area contributed by atoms with Gasteiger partial charge in [0.2, 0.25) is 0 Å². The van der Waals surface area contributed by atoms with Gasteiger partial charge in [-0.2, -0.15) is 0 Å². The summed E-state index contributed by atoms with van der Waals surface area (Å²) in [7, 11) is 3.85. The van der Waals surface area contributed by atoms with Crippen molar-refractivity contribution in [3.8, 4) is 0 Å². The number of nitrogens with zero attached hydrogens (tertiary/aromatic N) is 2. The van der Waals surface area contributed by atoms with Crippen LogP contribution < -0.4 is 0 Å². The molecular formula is C13H13F3N2. The Hall–Kier alpha value is -1.49. The molecule has 0 aliphatic carbocycles. The zero-order valence-corrected chi connectivity index (χ0v) is 10.2. The highest BCUT2D eigenvalue weighted by molar-refractivity contribution is 5.85. The predicted molar refractivity (Wildman–Crippen MR) is 63.0 cm³/mol. The summed E-state index contributed by atoms with van der Waals surface area (Å²) in [6.45, 7) is 0.589. The highest BCUT2D eigenvalue weighted by Gasteiger charge is 2.27. The number of rotatable bonds is 1. The highest BCUT2D eigenvalue weighted by atomic mass is 19.2. The molecule has 1 aromatic carbocycles. The molecule has 18 heavy (non-hydrogen) atoms. The first-order chi connectivity index (χ1) is 8.49. The fourth-order valence-corrected chi connectivity index (χ4v) is 2.67. The summed E-state index contributed by atoms with van der Waals surface area (Å²) in [5, 5.41) is -0.220. The van der Waals surface area contributed by atoms with E-state index in [2.05, 4.69) is 0 Å². The van der Waals surface area contributed by atoms with E-state index in [4.69, 9.17) is 0 Å². The van der Waals surface area contributed by atoms with E-state index < -0.39 is 17.5 Å². The van der Waals surface area contributed by atoms with Crippen LogP contribution in [0.2, 0.25) is 0 Å². The quantitative estimate of drug-likeness (QED) is 0.759. The zero-order chi connectivity index (χ0) is 13.0. The average molecular weight is 254 g/mol. The molecule has 0 N–H and O–H groups in total. The lowest BCUT2D eigenvalue weighted by Crippen LogP contribution is -2.36. The Bertz CT molecular complexity index is 631. The van der Waals surface area contributed by atoms with E-state index in [1.165, 1.54) is 12.3 Å². The number of likely N-dealkylation sites (N-methyl/N-ethyl adjacent to an activating group) is 1. The fraction of sp³-hybridized carbons (Fsp3) is 0.385. The van der Waals surface area contributed by atoms with Crippen molar-refractivity contribution in [2.45, 2.75) is 19.0 Å². The van der Waals surface area contributed by atoms with Crippen molar-refractivity contribution in [3.05, 3.63) is 35.3 Å². The molecule has 1 aliphatic heterocycles. The normalized spacial score (nSPS) is 18.9. The van der Waals surface area contributed by atoms with Gasteiger partial charge < -0.3 is 9.47 Å². The SMILES string of the molecule is CN(C)C1Cc2cc(F)c(F)c3c(F)cn(c23)C1. The number of halogens is 3. The van der Waals surface area contributed by atoms with Gasteiger partial charge in [0.1, 0.15) is 0 Å². The summed E-state index contributed by atoms with van der Waals surface area (Å²) in [5.41, 5.74) is 1.15. The largest absolute Gasteiger partial charge is 0.343 e. The molecule has 5 heteroatoms. The van der Waals surface area contributed by atoms with E-state index in [0.717, 1.165) is 0 Å². The fourth-order valence-electron chi connectivity index (χ4n) is 2.67. The Morgan fingerprint density at radius 2 is 1.94 bits per heavy atom. The smallest absolute Gasteiger partial charge is 0.171 e. The minimum Gasteiger partial charge on any atom is -0.343 e. The van der Waals surface area contributed by atoms with Gasteiger partial charge in [-0.3, -0.25) is 0 Å². The second-order valence-corrected chi connectivity index (χ2v) is 5.01. The van der Waals surface area contributed by atoms with Gasteiger partial charge in [0.05, 0.1) is 10.9 Å². The van der Waals surface area contributed by atoms with Gasteiger partial charge in [0, 0.05) is 18.8 Å². The second-order valence-electron chi connectivity index (χ2n) is 5.01. The Morgan fingerprint density at radius 1 is 1.22 bits per heavy atom. The molecule has 0 saturated heterocycles. The number of benzene rings is 1. The second kappa shape index (κ2) is 3.75. The Morgan fingerprint density at radius 3 is 2.61 bits per heavy atom. The van der Waals surface area contributed by atoms with E-state index >= 15 is 0 Å². The molecule has 0 spiro atoms. The molecule has 1 atom stereocenters. The first-order valence-electron chi connectivity index (χ1n) is 5.80. The van der Waals surface area contributed by atoms with Crippen LogP contribution in [0.15, 0.2) is 12.3 Å². The van der Waals surface area contributed by atoms with Gasteiger partial charge in [-0.1, -0.05) is 0 Å². The van der Waals surface area contributed by atoms with Gasteiger partial charge in [0.25, 0.3) is 0 Å². The van der Waals surface area contributed by atoms with E-state index in [0.29, 0.717) is 24.0 Å². The van der Waals surface area contributed by atoms with Crippen LogP contribution in [0, 0.1) is 17.5 Å². The van der Waals surface area contributed by atoms with E-state index in [1.807, 2.05) is 19.0 Å². The van der Waals surface area contributed by atoms with Crippen molar-refractivity contribution in [2.24, 2.45) is 0 Å². The van der Waals surface area contributed by atoms with Crippen molar-refractivity contribution < 1.29 is 13.2 Å². The molecule has 96 valence electrons. The Balaban J connectivity index is 2.29. The zero-order valence-electron chi connectivity index (χ0n) is 10.2.